The standard InChI is InChI=1S/C11H12BrClF2/c12-8-2-1-3-9-4-6-10(7-5-9)11(13,14)15/h4-7H,1-3,8H2. The second kappa shape index (κ2) is 5.80. The van der Waals surface area contributed by atoms with Crippen molar-refractivity contribution in [3.8, 4) is 0 Å². The SMILES string of the molecule is FC(F)(Cl)c1ccc(CCCCBr)cc1. The number of aryl methyl sites for hydroxylation is 1. The fraction of sp³-hybridized carbons (Fsp3) is 0.455. The van der Waals surface area contributed by atoms with Crippen LogP contribution in [-0.4, -0.2) is 5.33 Å². The Morgan fingerprint density at radius 1 is 1.13 bits per heavy atom. The lowest BCUT2D eigenvalue weighted by Crippen LogP contribution is -2.02. The van der Waals surface area contributed by atoms with Crippen molar-refractivity contribution in [3.63, 3.8) is 0 Å². The van der Waals surface area contributed by atoms with E-state index in [0.29, 0.717) is 0 Å². The molecule has 84 valence electrons. The number of unbranched alkanes of at least 4 members (excludes halogenated alkanes) is 1. The van der Waals surface area contributed by atoms with E-state index < -0.39 is 5.38 Å². The van der Waals surface area contributed by atoms with Crippen molar-refractivity contribution in [2.45, 2.75) is 24.6 Å². The highest BCUT2D eigenvalue weighted by molar-refractivity contribution is 9.09. The van der Waals surface area contributed by atoms with Gasteiger partial charge in [-0.3, -0.25) is 0 Å². The van der Waals surface area contributed by atoms with Crippen LogP contribution in [0.2, 0.25) is 0 Å². The van der Waals surface area contributed by atoms with Gasteiger partial charge in [0.05, 0.1) is 0 Å². The normalized spacial score (nSPS) is 11.7. The first-order valence-corrected chi connectivity index (χ1v) is 6.26. The Balaban J connectivity index is 2.57. The molecule has 15 heavy (non-hydrogen) atoms. The largest absolute Gasteiger partial charge is 0.348 e. The minimum absolute atomic E-state index is 0.145. The monoisotopic (exact) mass is 296 g/mol. The first kappa shape index (κ1) is 12.9. The second-order valence-corrected chi connectivity index (χ2v) is 4.61. The summed E-state index contributed by atoms with van der Waals surface area (Å²) in [6.07, 6.45) is 3.06. The molecule has 0 fully saturated rings. The van der Waals surface area contributed by atoms with Crippen molar-refractivity contribution >= 4 is 27.5 Å². The van der Waals surface area contributed by atoms with Gasteiger partial charge in [0.15, 0.2) is 0 Å². The number of alkyl halides is 4. The van der Waals surface area contributed by atoms with Gasteiger partial charge in [-0.2, -0.15) is 8.78 Å². The predicted molar refractivity (Wildman–Crippen MR) is 62.9 cm³/mol. The van der Waals surface area contributed by atoms with E-state index in [1.165, 1.54) is 12.1 Å². The van der Waals surface area contributed by atoms with Gasteiger partial charge < -0.3 is 0 Å². The molecule has 0 aliphatic heterocycles. The summed E-state index contributed by atoms with van der Waals surface area (Å²) in [5, 5.41) is -2.28. The molecular weight excluding hydrogens is 285 g/mol. The summed E-state index contributed by atoms with van der Waals surface area (Å²) >= 11 is 8.24. The van der Waals surface area contributed by atoms with E-state index in [9.17, 15) is 8.78 Å². The van der Waals surface area contributed by atoms with Crippen LogP contribution in [0.4, 0.5) is 8.78 Å². The average molecular weight is 298 g/mol. The van der Waals surface area contributed by atoms with Gasteiger partial charge in [0, 0.05) is 10.9 Å². The minimum Gasteiger partial charge on any atom is -0.183 e. The summed E-state index contributed by atoms with van der Waals surface area (Å²) in [6, 6.07) is 6.19. The maximum Gasteiger partial charge on any atom is 0.348 e. The molecule has 0 radical (unpaired) electrons. The molecule has 1 rings (SSSR count). The van der Waals surface area contributed by atoms with Gasteiger partial charge in [-0.1, -0.05) is 40.2 Å². The minimum atomic E-state index is -3.26. The number of hydrogen-bond donors (Lipinski definition) is 0. The Morgan fingerprint density at radius 3 is 2.20 bits per heavy atom. The van der Waals surface area contributed by atoms with Crippen molar-refractivity contribution in [2.75, 3.05) is 5.33 Å². The lowest BCUT2D eigenvalue weighted by molar-refractivity contribution is 0.0951. The van der Waals surface area contributed by atoms with E-state index in [0.717, 1.165) is 30.2 Å². The number of benzene rings is 1. The van der Waals surface area contributed by atoms with Crippen LogP contribution in [0.25, 0.3) is 0 Å². The van der Waals surface area contributed by atoms with Gasteiger partial charge >= 0.3 is 5.38 Å². The van der Waals surface area contributed by atoms with Gasteiger partial charge in [0.2, 0.25) is 0 Å². The van der Waals surface area contributed by atoms with Crippen LogP contribution in [0.5, 0.6) is 0 Å². The maximum atomic E-state index is 12.7. The van der Waals surface area contributed by atoms with Gasteiger partial charge in [0.1, 0.15) is 0 Å². The van der Waals surface area contributed by atoms with E-state index in [1.54, 1.807) is 12.1 Å². The molecule has 0 aromatic heterocycles. The van der Waals surface area contributed by atoms with Crippen LogP contribution in [0.3, 0.4) is 0 Å². The molecule has 0 unspecified atom stereocenters. The smallest absolute Gasteiger partial charge is 0.183 e. The third kappa shape index (κ3) is 4.47. The molecule has 4 heteroatoms. The molecular formula is C11H12BrClF2. The van der Waals surface area contributed by atoms with Crippen LogP contribution < -0.4 is 0 Å². The van der Waals surface area contributed by atoms with E-state index in [2.05, 4.69) is 15.9 Å². The highest BCUT2D eigenvalue weighted by Gasteiger charge is 2.27. The van der Waals surface area contributed by atoms with Crippen molar-refractivity contribution in [3.05, 3.63) is 35.4 Å². The third-order valence-electron chi connectivity index (χ3n) is 2.13. The molecule has 0 nitrogen and oxygen atoms in total. The summed E-state index contributed by atoms with van der Waals surface area (Å²) in [7, 11) is 0. The van der Waals surface area contributed by atoms with Crippen molar-refractivity contribution in [1.29, 1.82) is 0 Å². The number of rotatable bonds is 5. The Bertz CT molecular complexity index is 292. The molecule has 0 bridgehead atoms. The molecule has 0 heterocycles. The summed E-state index contributed by atoms with van der Waals surface area (Å²) in [5.41, 5.74) is 0.925. The molecule has 0 N–H and O–H groups in total. The van der Waals surface area contributed by atoms with Crippen LogP contribution in [-0.2, 0) is 11.8 Å². The molecule has 0 aliphatic rings. The average Bonchev–Trinajstić information content (AvgIpc) is 2.18. The van der Waals surface area contributed by atoms with E-state index in [4.69, 9.17) is 11.6 Å². The topological polar surface area (TPSA) is 0 Å². The Labute approximate surface area is 102 Å². The molecule has 0 amide bonds. The number of hydrogen-bond acceptors (Lipinski definition) is 0. The molecule has 1 aromatic carbocycles. The Hall–Kier alpha value is -0.150. The van der Waals surface area contributed by atoms with E-state index >= 15 is 0 Å². The quantitative estimate of drug-likeness (QED) is 0.546. The zero-order valence-corrected chi connectivity index (χ0v) is 10.5. The third-order valence-corrected chi connectivity index (χ3v) is 2.91. The summed E-state index contributed by atoms with van der Waals surface area (Å²) in [6.45, 7) is 0. The van der Waals surface area contributed by atoms with Gasteiger partial charge in [-0.05, 0) is 36.4 Å². The van der Waals surface area contributed by atoms with Crippen LogP contribution in [0.1, 0.15) is 24.0 Å². The Kier molecular flexibility index (Phi) is 5.00. The lowest BCUT2D eigenvalue weighted by Gasteiger charge is -2.08. The predicted octanol–water partition coefficient (Wildman–Crippen LogP) is 4.69. The molecule has 0 saturated carbocycles. The summed E-state index contributed by atoms with van der Waals surface area (Å²) in [5.74, 6) is 0. The highest BCUT2D eigenvalue weighted by Crippen LogP contribution is 2.32. The van der Waals surface area contributed by atoms with Gasteiger partial charge in [-0.15, -0.1) is 0 Å². The second-order valence-electron chi connectivity index (χ2n) is 3.34. The lowest BCUT2D eigenvalue weighted by atomic mass is 10.1. The van der Waals surface area contributed by atoms with Crippen molar-refractivity contribution in [1.82, 2.24) is 0 Å². The van der Waals surface area contributed by atoms with Crippen LogP contribution in [0.15, 0.2) is 24.3 Å². The molecule has 0 atom stereocenters. The first-order chi connectivity index (χ1) is 7.04. The van der Waals surface area contributed by atoms with Crippen molar-refractivity contribution in [2.24, 2.45) is 0 Å². The van der Waals surface area contributed by atoms with E-state index in [1.807, 2.05) is 0 Å². The zero-order valence-electron chi connectivity index (χ0n) is 8.15. The fourth-order valence-electron chi connectivity index (χ4n) is 1.28. The maximum absolute atomic E-state index is 12.7. The summed E-state index contributed by atoms with van der Waals surface area (Å²) < 4.78 is 25.3. The summed E-state index contributed by atoms with van der Waals surface area (Å²) in [4.78, 5) is 0. The van der Waals surface area contributed by atoms with Gasteiger partial charge in [-0.25, -0.2) is 0 Å². The molecule has 1 aromatic rings. The zero-order chi connectivity index (χ0) is 11.3. The first-order valence-electron chi connectivity index (χ1n) is 4.76. The Morgan fingerprint density at radius 2 is 1.73 bits per heavy atom. The fourth-order valence-corrected chi connectivity index (χ4v) is 1.81. The van der Waals surface area contributed by atoms with Crippen LogP contribution >= 0.6 is 27.5 Å². The highest BCUT2D eigenvalue weighted by atomic mass is 79.9. The number of halogens is 4. The van der Waals surface area contributed by atoms with Crippen LogP contribution in [0, 0.1) is 0 Å². The molecule has 0 aliphatic carbocycles. The molecule has 0 saturated heterocycles. The van der Waals surface area contributed by atoms with Gasteiger partial charge in [0.25, 0.3) is 0 Å². The molecule has 0 spiro atoms. The van der Waals surface area contributed by atoms with E-state index in [-0.39, 0.29) is 5.56 Å². The van der Waals surface area contributed by atoms with Crippen molar-refractivity contribution < 1.29 is 8.78 Å².